The first-order chi connectivity index (χ1) is 7.02. The van der Waals surface area contributed by atoms with Crippen LogP contribution in [-0.4, -0.2) is 13.7 Å². The average Bonchev–Trinajstić information content (AvgIpc) is 2.57. The molecular weight excluding hydrogens is 207 g/mol. The van der Waals surface area contributed by atoms with E-state index < -0.39 is 11.7 Å². The van der Waals surface area contributed by atoms with Gasteiger partial charge in [-0.15, -0.1) is 0 Å². The number of halogens is 3. The highest BCUT2D eigenvalue weighted by atomic mass is 19.4. The van der Waals surface area contributed by atoms with Crippen molar-refractivity contribution in [2.24, 2.45) is 0 Å². The highest BCUT2D eigenvalue weighted by Crippen LogP contribution is 2.37. The highest BCUT2D eigenvalue weighted by Gasteiger charge is 2.33. The van der Waals surface area contributed by atoms with Gasteiger partial charge in [0, 0.05) is 5.56 Å². The van der Waals surface area contributed by atoms with Crippen molar-refractivity contribution in [2.75, 3.05) is 13.7 Å². The minimum atomic E-state index is -4.30. The molecule has 1 atom stereocenters. The zero-order valence-electron chi connectivity index (χ0n) is 8.06. The van der Waals surface area contributed by atoms with Crippen LogP contribution in [0.2, 0.25) is 0 Å². The summed E-state index contributed by atoms with van der Waals surface area (Å²) in [5, 5.41) is 2.91. The lowest BCUT2D eigenvalue weighted by molar-refractivity contribution is -0.137. The summed E-state index contributed by atoms with van der Waals surface area (Å²) in [6.07, 6.45) is -4.30. The summed E-state index contributed by atoms with van der Waals surface area (Å²) in [6, 6.07) is 3.40. The second-order valence-electron chi connectivity index (χ2n) is 3.40. The summed E-state index contributed by atoms with van der Waals surface area (Å²) >= 11 is 0. The van der Waals surface area contributed by atoms with Crippen LogP contribution in [0.3, 0.4) is 0 Å². The van der Waals surface area contributed by atoms with Gasteiger partial charge in [-0.2, -0.15) is 13.2 Å². The van der Waals surface area contributed by atoms with Gasteiger partial charge in [0.15, 0.2) is 0 Å². The van der Waals surface area contributed by atoms with Crippen molar-refractivity contribution >= 4 is 0 Å². The Labute approximate surface area is 85.0 Å². The fourth-order valence-electron chi connectivity index (χ4n) is 1.63. The number of alkyl halides is 3. The van der Waals surface area contributed by atoms with Crippen molar-refractivity contribution in [1.29, 1.82) is 0 Å². The van der Waals surface area contributed by atoms with E-state index in [1.54, 1.807) is 7.05 Å². The van der Waals surface area contributed by atoms with E-state index in [1.165, 1.54) is 6.07 Å². The lowest BCUT2D eigenvalue weighted by atomic mass is 10.1. The van der Waals surface area contributed by atoms with Gasteiger partial charge >= 0.3 is 6.18 Å². The van der Waals surface area contributed by atoms with Gasteiger partial charge in [-0.1, -0.05) is 0 Å². The molecule has 2 nitrogen and oxygen atoms in total. The topological polar surface area (TPSA) is 21.3 Å². The summed E-state index contributed by atoms with van der Waals surface area (Å²) in [6.45, 7) is 0.382. The van der Waals surface area contributed by atoms with E-state index in [1.807, 2.05) is 0 Å². The number of hydrogen-bond acceptors (Lipinski definition) is 2. The number of likely N-dealkylation sites (N-methyl/N-ethyl adjacent to an activating group) is 1. The predicted octanol–water partition coefficient (Wildman–Crippen LogP) is 2.36. The van der Waals surface area contributed by atoms with Crippen molar-refractivity contribution in [3.63, 3.8) is 0 Å². The molecule has 82 valence electrons. The predicted molar refractivity (Wildman–Crippen MR) is 48.7 cm³/mol. The maximum Gasteiger partial charge on any atom is 0.416 e. The molecule has 0 bridgehead atoms. The number of ether oxygens (including phenoxy) is 1. The molecule has 1 aliphatic rings. The van der Waals surface area contributed by atoms with Gasteiger partial charge < -0.3 is 10.1 Å². The molecule has 5 heteroatoms. The standard InChI is InChI=1S/C10H10F3NO/c1-14-8-5-15-9-3-2-6(4-7(8)9)10(11,12)13/h2-4,8,14H,5H2,1H3. The van der Waals surface area contributed by atoms with Crippen LogP contribution in [0.4, 0.5) is 13.2 Å². The Balaban J connectivity index is 2.41. The van der Waals surface area contributed by atoms with Crippen LogP contribution in [0.25, 0.3) is 0 Å². The van der Waals surface area contributed by atoms with E-state index in [9.17, 15) is 13.2 Å². The Morgan fingerprint density at radius 2 is 2.13 bits per heavy atom. The van der Waals surface area contributed by atoms with Crippen LogP contribution in [-0.2, 0) is 6.18 Å². The summed E-state index contributed by atoms with van der Waals surface area (Å²) in [7, 11) is 1.70. The van der Waals surface area contributed by atoms with Crippen molar-refractivity contribution < 1.29 is 17.9 Å². The Hall–Kier alpha value is -1.23. The number of nitrogens with one attached hydrogen (secondary N) is 1. The van der Waals surface area contributed by atoms with Gasteiger partial charge in [-0.3, -0.25) is 0 Å². The average molecular weight is 217 g/mol. The summed E-state index contributed by atoms with van der Waals surface area (Å²) in [5.74, 6) is 0.530. The van der Waals surface area contributed by atoms with Crippen LogP contribution in [0, 0.1) is 0 Å². The largest absolute Gasteiger partial charge is 0.491 e. The van der Waals surface area contributed by atoms with E-state index in [2.05, 4.69) is 5.32 Å². The molecule has 1 aromatic rings. The number of hydrogen-bond donors (Lipinski definition) is 1. The monoisotopic (exact) mass is 217 g/mol. The zero-order valence-corrected chi connectivity index (χ0v) is 8.06. The maximum atomic E-state index is 12.4. The number of benzene rings is 1. The second kappa shape index (κ2) is 3.41. The van der Waals surface area contributed by atoms with Gasteiger partial charge in [-0.05, 0) is 25.2 Å². The lowest BCUT2D eigenvalue weighted by Gasteiger charge is -2.10. The highest BCUT2D eigenvalue weighted by molar-refractivity contribution is 5.43. The summed E-state index contributed by atoms with van der Waals surface area (Å²) < 4.78 is 42.5. The molecule has 1 aliphatic heterocycles. The molecule has 2 rings (SSSR count). The molecule has 0 aliphatic carbocycles. The Kier molecular flexibility index (Phi) is 2.34. The van der Waals surface area contributed by atoms with Crippen LogP contribution in [0.15, 0.2) is 18.2 Å². The van der Waals surface area contributed by atoms with E-state index in [0.29, 0.717) is 17.9 Å². The van der Waals surface area contributed by atoms with Crippen molar-refractivity contribution in [1.82, 2.24) is 5.32 Å². The number of rotatable bonds is 1. The molecule has 0 spiro atoms. The molecule has 0 amide bonds. The van der Waals surface area contributed by atoms with Crippen molar-refractivity contribution in [3.8, 4) is 5.75 Å². The quantitative estimate of drug-likeness (QED) is 0.779. The van der Waals surface area contributed by atoms with Crippen LogP contribution < -0.4 is 10.1 Å². The molecule has 1 aromatic carbocycles. The Morgan fingerprint density at radius 1 is 1.40 bits per heavy atom. The molecule has 15 heavy (non-hydrogen) atoms. The third-order valence-corrected chi connectivity index (χ3v) is 2.47. The molecule has 1 unspecified atom stereocenters. The van der Waals surface area contributed by atoms with Crippen LogP contribution in [0.1, 0.15) is 17.2 Å². The SMILES string of the molecule is CNC1COc2ccc(C(F)(F)F)cc21. The van der Waals surface area contributed by atoms with E-state index in [0.717, 1.165) is 12.1 Å². The van der Waals surface area contributed by atoms with Gasteiger partial charge in [0.2, 0.25) is 0 Å². The van der Waals surface area contributed by atoms with Gasteiger partial charge in [0.05, 0.1) is 11.6 Å². The lowest BCUT2D eigenvalue weighted by Crippen LogP contribution is -2.17. The molecule has 1 heterocycles. The normalized spacial score (nSPS) is 19.9. The maximum absolute atomic E-state index is 12.4. The molecule has 0 fully saturated rings. The zero-order chi connectivity index (χ0) is 11.1. The van der Waals surface area contributed by atoms with E-state index in [4.69, 9.17) is 4.74 Å². The van der Waals surface area contributed by atoms with E-state index in [-0.39, 0.29) is 6.04 Å². The minimum Gasteiger partial charge on any atom is -0.491 e. The molecule has 1 N–H and O–H groups in total. The number of fused-ring (bicyclic) bond motifs is 1. The van der Waals surface area contributed by atoms with Crippen molar-refractivity contribution in [3.05, 3.63) is 29.3 Å². The smallest absolute Gasteiger partial charge is 0.416 e. The summed E-state index contributed by atoms with van der Waals surface area (Å²) in [4.78, 5) is 0. The Morgan fingerprint density at radius 3 is 2.73 bits per heavy atom. The van der Waals surface area contributed by atoms with E-state index >= 15 is 0 Å². The van der Waals surface area contributed by atoms with Gasteiger partial charge in [0.1, 0.15) is 12.4 Å². The van der Waals surface area contributed by atoms with Gasteiger partial charge in [0.25, 0.3) is 0 Å². The first-order valence-corrected chi connectivity index (χ1v) is 4.53. The third kappa shape index (κ3) is 1.79. The minimum absolute atomic E-state index is 0.151. The van der Waals surface area contributed by atoms with Crippen molar-refractivity contribution in [2.45, 2.75) is 12.2 Å². The second-order valence-corrected chi connectivity index (χ2v) is 3.40. The molecular formula is C10H10F3NO. The van der Waals surface area contributed by atoms with Crippen LogP contribution >= 0.6 is 0 Å². The van der Waals surface area contributed by atoms with Gasteiger partial charge in [-0.25, -0.2) is 0 Å². The first-order valence-electron chi connectivity index (χ1n) is 4.53. The molecule has 0 aromatic heterocycles. The first kappa shape index (κ1) is 10.3. The molecule has 0 saturated carbocycles. The summed E-state index contributed by atoms with van der Waals surface area (Å²) in [5.41, 5.74) is -0.0562. The third-order valence-electron chi connectivity index (χ3n) is 2.47. The Bertz CT molecular complexity index is 375. The van der Waals surface area contributed by atoms with Crippen LogP contribution in [0.5, 0.6) is 5.75 Å². The molecule has 0 saturated heterocycles. The fraction of sp³-hybridized carbons (Fsp3) is 0.400. The fourth-order valence-corrected chi connectivity index (χ4v) is 1.63. The molecule has 0 radical (unpaired) electrons.